The fourth-order valence-corrected chi connectivity index (χ4v) is 2.58. The van der Waals surface area contributed by atoms with Gasteiger partial charge in [0.25, 0.3) is 0 Å². The molecule has 0 bridgehead atoms. The van der Waals surface area contributed by atoms with E-state index in [0.29, 0.717) is 5.92 Å². The Hall–Kier alpha value is -1.02. The average molecular weight is 245 g/mol. The van der Waals surface area contributed by atoms with Crippen LogP contribution in [0.4, 0.5) is 0 Å². The molecule has 0 amide bonds. The Morgan fingerprint density at radius 1 is 1.29 bits per heavy atom. The second kappa shape index (κ2) is 6.06. The second-order valence-corrected chi connectivity index (χ2v) is 5.52. The standard InChI is InChI=1S/C15H19NS/c1-3-10-17-15-9-8-14(11-16-15)13-6-4-12(2)5-7-13/h4-9,14H,3,10-11H2,1-2H3. The predicted octanol–water partition coefficient (Wildman–Crippen LogP) is 4.19. The molecule has 90 valence electrons. The van der Waals surface area contributed by atoms with Crippen LogP contribution in [0.15, 0.2) is 41.4 Å². The zero-order chi connectivity index (χ0) is 12.1. The van der Waals surface area contributed by atoms with Gasteiger partial charge < -0.3 is 0 Å². The van der Waals surface area contributed by atoms with Gasteiger partial charge in [-0.1, -0.05) is 42.8 Å². The van der Waals surface area contributed by atoms with Crippen molar-refractivity contribution in [3.63, 3.8) is 0 Å². The average Bonchev–Trinajstić information content (AvgIpc) is 2.38. The number of aryl methyl sites for hydroxylation is 1. The smallest absolute Gasteiger partial charge is 0.0901 e. The van der Waals surface area contributed by atoms with E-state index in [1.165, 1.54) is 28.3 Å². The van der Waals surface area contributed by atoms with E-state index in [1.54, 1.807) is 0 Å². The number of thioether (sulfide) groups is 1. The Balaban J connectivity index is 1.97. The van der Waals surface area contributed by atoms with E-state index in [-0.39, 0.29) is 0 Å². The van der Waals surface area contributed by atoms with E-state index in [1.807, 2.05) is 11.8 Å². The van der Waals surface area contributed by atoms with Crippen LogP contribution in [0.1, 0.15) is 30.4 Å². The van der Waals surface area contributed by atoms with E-state index in [2.05, 4.69) is 55.3 Å². The maximum absolute atomic E-state index is 4.64. The Morgan fingerprint density at radius 3 is 2.65 bits per heavy atom. The van der Waals surface area contributed by atoms with E-state index in [9.17, 15) is 0 Å². The molecular formula is C15H19NS. The van der Waals surface area contributed by atoms with Crippen LogP contribution < -0.4 is 0 Å². The molecule has 1 aromatic rings. The Labute approximate surface area is 108 Å². The monoisotopic (exact) mass is 245 g/mol. The summed E-state index contributed by atoms with van der Waals surface area (Å²) in [5.74, 6) is 1.62. The molecule has 0 spiro atoms. The van der Waals surface area contributed by atoms with Crippen molar-refractivity contribution in [3.8, 4) is 0 Å². The zero-order valence-electron chi connectivity index (χ0n) is 10.5. The first kappa shape index (κ1) is 12.4. The van der Waals surface area contributed by atoms with E-state index in [0.717, 1.165) is 6.54 Å². The quantitative estimate of drug-likeness (QED) is 0.778. The largest absolute Gasteiger partial charge is 0.277 e. The highest BCUT2D eigenvalue weighted by Crippen LogP contribution is 2.23. The molecule has 2 heteroatoms. The second-order valence-electron chi connectivity index (χ2n) is 4.40. The van der Waals surface area contributed by atoms with Gasteiger partial charge in [0.15, 0.2) is 0 Å². The lowest BCUT2D eigenvalue weighted by atomic mass is 9.97. The summed E-state index contributed by atoms with van der Waals surface area (Å²) in [6, 6.07) is 8.77. The van der Waals surface area contributed by atoms with Gasteiger partial charge in [0, 0.05) is 5.92 Å². The van der Waals surface area contributed by atoms with Gasteiger partial charge >= 0.3 is 0 Å². The molecule has 0 N–H and O–H groups in total. The number of aliphatic imine (C=N–C) groups is 1. The molecule has 1 heterocycles. The number of hydrogen-bond donors (Lipinski definition) is 0. The van der Waals surface area contributed by atoms with Crippen LogP contribution in [-0.2, 0) is 0 Å². The van der Waals surface area contributed by atoms with Gasteiger partial charge in [0.1, 0.15) is 0 Å². The summed E-state index contributed by atoms with van der Waals surface area (Å²) in [6.45, 7) is 5.22. The lowest BCUT2D eigenvalue weighted by Gasteiger charge is -2.15. The Morgan fingerprint density at radius 2 is 2.06 bits per heavy atom. The highest BCUT2D eigenvalue weighted by molar-refractivity contribution is 8.14. The van der Waals surface area contributed by atoms with Crippen molar-refractivity contribution in [2.45, 2.75) is 26.2 Å². The van der Waals surface area contributed by atoms with Crippen molar-refractivity contribution in [2.24, 2.45) is 4.99 Å². The summed E-state index contributed by atoms with van der Waals surface area (Å²) in [5.41, 5.74) is 2.69. The van der Waals surface area contributed by atoms with E-state index >= 15 is 0 Å². The highest BCUT2D eigenvalue weighted by Gasteiger charge is 2.11. The Kier molecular flexibility index (Phi) is 4.43. The molecule has 0 aromatic heterocycles. The molecular weight excluding hydrogens is 226 g/mol. The van der Waals surface area contributed by atoms with Crippen molar-refractivity contribution >= 4 is 16.8 Å². The number of nitrogens with zero attached hydrogens (tertiary/aromatic N) is 1. The van der Waals surface area contributed by atoms with Gasteiger partial charge in [0.05, 0.1) is 11.6 Å². The third-order valence-electron chi connectivity index (χ3n) is 2.87. The zero-order valence-corrected chi connectivity index (χ0v) is 11.3. The SMILES string of the molecule is CCCSC1=NCC(c2ccc(C)cc2)C=C1. The van der Waals surface area contributed by atoms with Gasteiger partial charge in [-0.05, 0) is 30.7 Å². The molecule has 0 radical (unpaired) electrons. The summed E-state index contributed by atoms with van der Waals surface area (Å²) in [5, 5.41) is 1.19. The molecule has 17 heavy (non-hydrogen) atoms. The summed E-state index contributed by atoms with van der Waals surface area (Å²) in [4.78, 5) is 4.64. The minimum atomic E-state index is 0.460. The van der Waals surface area contributed by atoms with Crippen molar-refractivity contribution in [3.05, 3.63) is 47.5 Å². The van der Waals surface area contributed by atoms with Gasteiger partial charge in [-0.3, -0.25) is 4.99 Å². The normalized spacial score (nSPS) is 19.2. The van der Waals surface area contributed by atoms with Crippen molar-refractivity contribution < 1.29 is 0 Å². The lowest BCUT2D eigenvalue weighted by molar-refractivity contribution is 0.844. The number of benzene rings is 1. The molecule has 1 unspecified atom stereocenters. The molecule has 1 atom stereocenters. The van der Waals surface area contributed by atoms with Crippen LogP contribution in [0, 0.1) is 6.92 Å². The van der Waals surface area contributed by atoms with E-state index < -0.39 is 0 Å². The third kappa shape index (κ3) is 3.47. The lowest BCUT2D eigenvalue weighted by Crippen LogP contribution is -2.07. The van der Waals surface area contributed by atoms with Gasteiger partial charge in [-0.2, -0.15) is 0 Å². The number of dihydropyridines is 1. The van der Waals surface area contributed by atoms with Crippen molar-refractivity contribution in [2.75, 3.05) is 12.3 Å². The molecule has 1 aliphatic heterocycles. The fourth-order valence-electron chi connectivity index (χ4n) is 1.83. The summed E-state index contributed by atoms with van der Waals surface area (Å²) < 4.78 is 0. The predicted molar refractivity (Wildman–Crippen MR) is 78.1 cm³/mol. The van der Waals surface area contributed by atoms with E-state index in [4.69, 9.17) is 0 Å². The van der Waals surface area contributed by atoms with Crippen LogP contribution in [0.3, 0.4) is 0 Å². The number of hydrogen-bond acceptors (Lipinski definition) is 2. The summed E-state index contributed by atoms with van der Waals surface area (Å²) in [7, 11) is 0. The summed E-state index contributed by atoms with van der Waals surface area (Å²) in [6.07, 6.45) is 5.67. The van der Waals surface area contributed by atoms with Crippen LogP contribution in [0.2, 0.25) is 0 Å². The molecule has 1 aliphatic rings. The molecule has 0 fully saturated rings. The fraction of sp³-hybridized carbons (Fsp3) is 0.400. The third-order valence-corrected chi connectivity index (χ3v) is 4.05. The van der Waals surface area contributed by atoms with Gasteiger partial charge in [-0.25, -0.2) is 0 Å². The van der Waals surface area contributed by atoms with Crippen molar-refractivity contribution in [1.82, 2.24) is 0 Å². The maximum atomic E-state index is 4.64. The molecule has 0 saturated heterocycles. The molecule has 0 saturated carbocycles. The highest BCUT2D eigenvalue weighted by atomic mass is 32.2. The minimum absolute atomic E-state index is 0.460. The van der Waals surface area contributed by atoms with Gasteiger partial charge in [-0.15, -0.1) is 11.8 Å². The Bertz CT molecular complexity index is 417. The topological polar surface area (TPSA) is 12.4 Å². The van der Waals surface area contributed by atoms with Crippen LogP contribution >= 0.6 is 11.8 Å². The molecule has 0 aliphatic carbocycles. The molecule has 1 aromatic carbocycles. The first-order valence-corrected chi connectivity index (χ1v) is 7.20. The summed E-state index contributed by atoms with van der Waals surface area (Å²) >= 11 is 1.86. The van der Waals surface area contributed by atoms with Crippen molar-refractivity contribution in [1.29, 1.82) is 0 Å². The molecule has 1 nitrogen and oxygen atoms in total. The first-order chi connectivity index (χ1) is 8.29. The van der Waals surface area contributed by atoms with Crippen LogP contribution in [-0.4, -0.2) is 17.3 Å². The van der Waals surface area contributed by atoms with Crippen LogP contribution in [0.25, 0.3) is 0 Å². The maximum Gasteiger partial charge on any atom is 0.0901 e. The van der Waals surface area contributed by atoms with Gasteiger partial charge in [0.2, 0.25) is 0 Å². The number of rotatable bonds is 3. The minimum Gasteiger partial charge on any atom is -0.277 e. The van der Waals surface area contributed by atoms with Crippen LogP contribution in [0.5, 0.6) is 0 Å². The molecule has 2 rings (SSSR count). The first-order valence-electron chi connectivity index (χ1n) is 6.21.